The van der Waals surface area contributed by atoms with Gasteiger partial charge in [-0.3, -0.25) is 19.3 Å². The number of ketones is 1. The van der Waals surface area contributed by atoms with Crippen LogP contribution in [-0.4, -0.2) is 61.1 Å². The highest BCUT2D eigenvalue weighted by atomic mass is 17.2. The normalized spacial score (nSPS) is 13.7. The molecule has 0 saturated heterocycles. The van der Waals surface area contributed by atoms with Crippen molar-refractivity contribution in [2.75, 3.05) is 31.6 Å². The summed E-state index contributed by atoms with van der Waals surface area (Å²) in [5.41, 5.74) is 6.43. The Bertz CT molecular complexity index is 737. The molecular weight excluding hydrogens is 378 g/mol. The van der Waals surface area contributed by atoms with E-state index < -0.39 is 17.9 Å². The van der Waals surface area contributed by atoms with E-state index >= 15 is 0 Å². The van der Waals surface area contributed by atoms with Gasteiger partial charge in [-0.2, -0.15) is 0 Å². The van der Waals surface area contributed by atoms with Gasteiger partial charge in [0, 0.05) is 18.7 Å². The predicted octanol–water partition coefficient (Wildman–Crippen LogP) is 1.56. The number of benzene rings is 1. The van der Waals surface area contributed by atoms with E-state index in [0.29, 0.717) is 25.1 Å². The summed E-state index contributed by atoms with van der Waals surface area (Å²) >= 11 is 0. The van der Waals surface area contributed by atoms with Crippen LogP contribution in [0, 0.1) is 0 Å². The standard InChI is InChI=1S/C19H25N3O6.CH4/c1-2-5-15(16(24)12-20)22-18(25)13-6-3-7-14(17(13)19(22)26)21-8-11-28-27-10-4-9-23;/h3,6-7,9,15,21H,2,4-5,8,10-12,20H2,1H3;1H4. The molecule has 2 amide bonds. The molecule has 9 nitrogen and oxygen atoms in total. The summed E-state index contributed by atoms with van der Waals surface area (Å²) in [4.78, 5) is 58.9. The van der Waals surface area contributed by atoms with Crippen LogP contribution in [0.5, 0.6) is 0 Å². The Morgan fingerprint density at radius 2 is 1.97 bits per heavy atom. The minimum absolute atomic E-state index is 0. The first-order valence-electron chi connectivity index (χ1n) is 9.22. The Balaban J connectivity index is 0.00000420. The third-order valence-corrected chi connectivity index (χ3v) is 4.30. The molecule has 2 rings (SSSR count). The van der Waals surface area contributed by atoms with E-state index in [4.69, 9.17) is 15.5 Å². The van der Waals surface area contributed by atoms with Gasteiger partial charge < -0.3 is 15.8 Å². The summed E-state index contributed by atoms with van der Waals surface area (Å²) in [7, 11) is 0. The van der Waals surface area contributed by atoms with E-state index in [1.54, 1.807) is 18.2 Å². The number of anilines is 1. The number of fused-ring (bicyclic) bond motifs is 1. The fraction of sp³-hybridized carbons (Fsp3) is 0.500. The Hall–Kier alpha value is -2.62. The molecule has 29 heavy (non-hydrogen) atoms. The summed E-state index contributed by atoms with van der Waals surface area (Å²) in [6.07, 6.45) is 1.98. The third kappa shape index (κ3) is 5.69. The summed E-state index contributed by atoms with van der Waals surface area (Å²) in [6, 6.07) is 4.05. The molecular formula is C20H29N3O6. The molecule has 1 aromatic carbocycles. The van der Waals surface area contributed by atoms with Crippen molar-refractivity contribution in [2.24, 2.45) is 5.73 Å². The number of imide groups is 1. The Morgan fingerprint density at radius 3 is 2.62 bits per heavy atom. The molecule has 160 valence electrons. The smallest absolute Gasteiger partial charge is 0.264 e. The van der Waals surface area contributed by atoms with Crippen molar-refractivity contribution in [1.82, 2.24) is 4.90 Å². The number of nitrogens with zero attached hydrogens (tertiary/aromatic N) is 1. The molecule has 0 aromatic heterocycles. The molecule has 1 aromatic rings. The summed E-state index contributed by atoms with van der Waals surface area (Å²) < 4.78 is 0. The lowest BCUT2D eigenvalue weighted by atomic mass is 10.1. The average Bonchev–Trinajstić information content (AvgIpc) is 2.96. The van der Waals surface area contributed by atoms with Gasteiger partial charge in [-0.1, -0.05) is 26.8 Å². The zero-order valence-electron chi connectivity index (χ0n) is 15.8. The van der Waals surface area contributed by atoms with Crippen LogP contribution < -0.4 is 11.1 Å². The maximum atomic E-state index is 13.0. The van der Waals surface area contributed by atoms with Crippen LogP contribution in [0.25, 0.3) is 0 Å². The predicted molar refractivity (Wildman–Crippen MR) is 108 cm³/mol. The highest BCUT2D eigenvalue weighted by molar-refractivity contribution is 6.25. The number of nitrogens with one attached hydrogen (secondary N) is 1. The first kappa shape index (κ1) is 24.4. The molecule has 0 fully saturated rings. The maximum Gasteiger partial charge on any atom is 0.264 e. The minimum atomic E-state index is -0.857. The van der Waals surface area contributed by atoms with E-state index in [1.165, 1.54) is 0 Å². The lowest BCUT2D eigenvalue weighted by molar-refractivity contribution is -0.290. The van der Waals surface area contributed by atoms with E-state index in [0.717, 1.165) is 11.2 Å². The van der Waals surface area contributed by atoms with Crippen molar-refractivity contribution < 1.29 is 29.0 Å². The zero-order chi connectivity index (χ0) is 20.5. The molecule has 0 aliphatic carbocycles. The summed E-state index contributed by atoms with van der Waals surface area (Å²) in [6.45, 7) is 2.31. The minimum Gasteiger partial charge on any atom is -0.382 e. The van der Waals surface area contributed by atoms with Gasteiger partial charge in [0.1, 0.15) is 12.3 Å². The number of hydrogen-bond donors (Lipinski definition) is 2. The van der Waals surface area contributed by atoms with Gasteiger partial charge >= 0.3 is 0 Å². The maximum absolute atomic E-state index is 13.0. The molecule has 9 heteroatoms. The molecule has 0 saturated carbocycles. The Kier molecular flexibility index (Phi) is 10.1. The van der Waals surface area contributed by atoms with Crippen LogP contribution >= 0.6 is 0 Å². The van der Waals surface area contributed by atoms with Crippen LogP contribution in [0.2, 0.25) is 0 Å². The molecule has 1 aliphatic rings. The fourth-order valence-electron chi connectivity index (χ4n) is 3.02. The molecule has 3 N–H and O–H groups in total. The van der Waals surface area contributed by atoms with Crippen LogP contribution in [0.15, 0.2) is 18.2 Å². The first-order valence-corrected chi connectivity index (χ1v) is 9.22. The van der Waals surface area contributed by atoms with Gasteiger partial charge in [0.2, 0.25) is 0 Å². The molecule has 1 atom stereocenters. The average molecular weight is 407 g/mol. The molecule has 1 unspecified atom stereocenters. The number of nitrogens with two attached hydrogens (primary N) is 1. The second-order valence-electron chi connectivity index (χ2n) is 6.21. The zero-order valence-corrected chi connectivity index (χ0v) is 15.8. The van der Waals surface area contributed by atoms with Crippen LogP contribution in [0.3, 0.4) is 0 Å². The highest BCUT2D eigenvalue weighted by Gasteiger charge is 2.43. The number of Topliss-reactive ketones (excluding diaryl/α,β-unsaturated/α-hetero) is 1. The molecule has 0 radical (unpaired) electrons. The fourth-order valence-corrected chi connectivity index (χ4v) is 3.02. The van der Waals surface area contributed by atoms with Gasteiger partial charge in [-0.25, -0.2) is 9.78 Å². The molecule has 1 aliphatic heterocycles. The van der Waals surface area contributed by atoms with E-state index in [9.17, 15) is 19.2 Å². The molecule has 0 spiro atoms. The number of hydrogen-bond acceptors (Lipinski definition) is 8. The molecule has 0 bridgehead atoms. The number of rotatable bonds is 13. The van der Waals surface area contributed by atoms with Gasteiger partial charge in [0.05, 0.1) is 30.9 Å². The number of carbonyl (C=O) groups is 4. The van der Waals surface area contributed by atoms with E-state index in [-0.39, 0.29) is 50.5 Å². The van der Waals surface area contributed by atoms with E-state index in [1.807, 2.05) is 6.92 Å². The van der Waals surface area contributed by atoms with Gasteiger partial charge in [-0.05, 0) is 18.6 Å². The van der Waals surface area contributed by atoms with E-state index in [2.05, 4.69) is 5.32 Å². The third-order valence-electron chi connectivity index (χ3n) is 4.30. The summed E-state index contributed by atoms with van der Waals surface area (Å²) in [5.74, 6) is -1.34. The van der Waals surface area contributed by atoms with Crippen LogP contribution in [0.4, 0.5) is 5.69 Å². The molecule has 1 heterocycles. The van der Waals surface area contributed by atoms with Gasteiger partial charge in [0.15, 0.2) is 5.78 Å². The number of aldehydes is 1. The largest absolute Gasteiger partial charge is 0.382 e. The van der Waals surface area contributed by atoms with Crippen molar-refractivity contribution in [3.8, 4) is 0 Å². The number of carbonyl (C=O) groups excluding carboxylic acids is 4. The number of amides is 2. The first-order chi connectivity index (χ1) is 13.6. The Morgan fingerprint density at radius 1 is 1.24 bits per heavy atom. The summed E-state index contributed by atoms with van der Waals surface area (Å²) in [5, 5.41) is 3.04. The van der Waals surface area contributed by atoms with Gasteiger partial charge in [0.25, 0.3) is 11.8 Å². The Labute approximate surface area is 170 Å². The lowest BCUT2D eigenvalue weighted by Gasteiger charge is -2.24. The lowest BCUT2D eigenvalue weighted by Crippen LogP contribution is -2.47. The topological polar surface area (TPSA) is 128 Å². The quantitative estimate of drug-likeness (QED) is 0.166. The van der Waals surface area contributed by atoms with Crippen molar-refractivity contribution >= 4 is 29.6 Å². The van der Waals surface area contributed by atoms with Crippen molar-refractivity contribution in [2.45, 2.75) is 39.7 Å². The van der Waals surface area contributed by atoms with Crippen molar-refractivity contribution in [3.05, 3.63) is 29.3 Å². The van der Waals surface area contributed by atoms with Gasteiger partial charge in [-0.15, -0.1) is 0 Å². The monoisotopic (exact) mass is 407 g/mol. The van der Waals surface area contributed by atoms with Crippen LogP contribution in [0.1, 0.15) is 54.3 Å². The SMILES string of the molecule is C.CCCC(C(=O)CN)N1C(=O)c2cccc(NCCOOCCC=O)c2C1=O. The van der Waals surface area contributed by atoms with Crippen molar-refractivity contribution in [3.63, 3.8) is 0 Å². The van der Waals surface area contributed by atoms with Crippen LogP contribution in [-0.2, 0) is 19.4 Å². The second-order valence-corrected chi connectivity index (χ2v) is 6.21. The highest BCUT2D eigenvalue weighted by Crippen LogP contribution is 2.31. The van der Waals surface area contributed by atoms with Crippen molar-refractivity contribution in [1.29, 1.82) is 0 Å². The second kappa shape index (κ2) is 12.1.